The topological polar surface area (TPSA) is 134 Å². The number of H-pyrrole nitrogens is 1. The Kier molecular flexibility index (Phi) is 3.53. The van der Waals surface area contributed by atoms with E-state index in [4.69, 9.17) is 10.8 Å². The second kappa shape index (κ2) is 4.55. The fourth-order valence-corrected chi connectivity index (χ4v) is 2.26. The van der Waals surface area contributed by atoms with E-state index in [9.17, 15) is 18.0 Å². The molecule has 1 aromatic heterocycles. The van der Waals surface area contributed by atoms with Gasteiger partial charge in [0.05, 0.1) is 6.54 Å². The molecule has 0 aromatic carbocycles. The van der Waals surface area contributed by atoms with Crippen LogP contribution >= 0.6 is 0 Å². The summed E-state index contributed by atoms with van der Waals surface area (Å²) in [6.07, 6.45) is 1.04. The van der Waals surface area contributed by atoms with Crippen molar-refractivity contribution in [2.75, 3.05) is 13.6 Å². The first-order chi connectivity index (χ1) is 7.75. The summed E-state index contributed by atoms with van der Waals surface area (Å²) in [4.78, 5) is 23.3. The predicted molar refractivity (Wildman–Crippen MR) is 56.8 cm³/mol. The number of carbonyl (C=O) groups excluding carboxylic acids is 1. The number of likely N-dealkylation sites (N-methyl/N-ethyl adjacent to an activating group) is 1. The van der Waals surface area contributed by atoms with Crippen LogP contribution in [0.2, 0.25) is 0 Å². The second-order valence-corrected chi connectivity index (χ2v) is 5.33. The number of nitrogens with two attached hydrogens (primary N) is 1. The van der Waals surface area contributed by atoms with Crippen molar-refractivity contribution in [1.82, 2.24) is 9.29 Å². The van der Waals surface area contributed by atoms with Crippen LogP contribution in [0.25, 0.3) is 0 Å². The first-order valence-corrected chi connectivity index (χ1v) is 5.85. The summed E-state index contributed by atoms with van der Waals surface area (Å²) in [5.41, 5.74) is 4.62. The van der Waals surface area contributed by atoms with Crippen molar-refractivity contribution in [2.24, 2.45) is 5.73 Å². The van der Waals surface area contributed by atoms with Crippen LogP contribution < -0.4 is 5.73 Å². The van der Waals surface area contributed by atoms with Gasteiger partial charge in [0.2, 0.25) is 15.9 Å². The molecule has 1 amide bonds. The minimum absolute atomic E-state index is 0.237. The fraction of sp³-hybridized carbons (Fsp3) is 0.250. The smallest absolute Gasteiger partial charge is 0.352 e. The Balaban J connectivity index is 3.04. The summed E-state index contributed by atoms with van der Waals surface area (Å²) >= 11 is 0. The van der Waals surface area contributed by atoms with Crippen molar-refractivity contribution in [2.45, 2.75) is 4.90 Å². The molecule has 17 heavy (non-hydrogen) atoms. The molecule has 0 aliphatic carbocycles. The molecule has 0 radical (unpaired) electrons. The van der Waals surface area contributed by atoms with Crippen molar-refractivity contribution in [3.8, 4) is 0 Å². The highest BCUT2D eigenvalue weighted by molar-refractivity contribution is 7.89. The van der Waals surface area contributed by atoms with Crippen LogP contribution in [0.5, 0.6) is 0 Å². The maximum atomic E-state index is 11.8. The van der Waals surface area contributed by atoms with Crippen molar-refractivity contribution in [3.63, 3.8) is 0 Å². The maximum Gasteiger partial charge on any atom is 0.352 e. The van der Waals surface area contributed by atoms with Gasteiger partial charge in [0.15, 0.2) is 0 Å². The second-order valence-electron chi connectivity index (χ2n) is 3.28. The van der Waals surface area contributed by atoms with Crippen LogP contribution in [0.4, 0.5) is 0 Å². The highest BCUT2D eigenvalue weighted by Crippen LogP contribution is 2.15. The molecule has 0 atom stereocenters. The van der Waals surface area contributed by atoms with Gasteiger partial charge in [-0.2, -0.15) is 4.31 Å². The first kappa shape index (κ1) is 13.2. The molecule has 0 fully saturated rings. The number of aromatic carboxylic acids is 1. The number of carboxylic acid groups (broad SMARTS) is 1. The SMILES string of the molecule is CN(CC(N)=O)S(=O)(=O)c1c[nH]c(C(=O)O)c1. The lowest BCUT2D eigenvalue weighted by molar-refractivity contribution is -0.118. The standard InChI is InChI=1S/C8H11N3O5S/c1-11(4-7(9)12)17(15,16)5-2-6(8(13)14)10-3-5/h2-3,10H,4H2,1H3,(H2,9,12)(H,13,14). The number of amides is 1. The van der Waals surface area contributed by atoms with Crippen LogP contribution in [0.1, 0.15) is 10.5 Å². The van der Waals surface area contributed by atoms with Gasteiger partial charge < -0.3 is 15.8 Å². The lowest BCUT2D eigenvalue weighted by Gasteiger charge is -2.13. The monoisotopic (exact) mass is 261 g/mol. The highest BCUT2D eigenvalue weighted by Gasteiger charge is 2.24. The Morgan fingerprint density at radius 1 is 1.53 bits per heavy atom. The predicted octanol–water partition coefficient (Wildman–Crippen LogP) is -1.18. The Labute approximate surface area is 97.1 Å². The Morgan fingerprint density at radius 3 is 2.53 bits per heavy atom. The quantitative estimate of drug-likeness (QED) is 0.613. The van der Waals surface area contributed by atoms with Gasteiger partial charge in [-0.15, -0.1) is 0 Å². The summed E-state index contributed by atoms with van der Waals surface area (Å²) in [6.45, 7) is -0.476. The zero-order chi connectivity index (χ0) is 13.2. The molecule has 0 saturated carbocycles. The summed E-state index contributed by atoms with van der Waals surface area (Å²) in [5.74, 6) is -2.07. The van der Waals surface area contributed by atoms with Gasteiger partial charge in [-0.3, -0.25) is 4.79 Å². The molecule has 4 N–H and O–H groups in total. The Morgan fingerprint density at radius 2 is 2.12 bits per heavy atom. The zero-order valence-electron chi connectivity index (χ0n) is 8.87. The van der Waals surface area contributed by atoms with E-state index < -0.39 is 28.4 Å². The molecule has 1 heterocycles. The van der Waals surface area contributed by atoms with E-state index in [1.807, 2.05) is 0 Å². The van der Waals surface area contributed by atoms with E-state index >= 15 is 0 Å². The van der Waals surface area contributed by atoms with Crippen molar-refractivity contribution in [3.05, 3.63) is 18.0 Å². The number of sulfonamides is 1. The van der Waals surface area contributed by atoms with Gasteiger partial charge in [0.1, 0.15) is 10.6 Å². The molecule has 0 saturated heterocycles. The Bertz CT molecular complexity index is 547. The van der Waals surface area contributed by atoms with Gasteiger partial charge in [0.25, 0.3) is 0 Å². The molecule has 0 aliphatic rings. The average molecular weight is 261 g/mol. The largest absolute Gasteiger partial charge is 0.477 e. The third-order valence-electron chi connectivity index (χ3n) is 1.97. The zero-order valence-corrected chi connectivity index (χ0v) is 9.69. The average Bonchev–Trinajstić information content (AvgIpc) is 2.65. The van der Waals surface area contributed by atoms with Crippen LogP contribution in [0.3, 0.4) is 0 Å². The lowest BCUT2D eigenvalue weighted by atomic mass is 10.4. The molecule has 8 nitrogen and oxygen atoms in total. The first-order valence-electron chi connectivity index (χ1n) is 4.41. The van der Waals surface area contributed by atoms with E-state index in [-0.39, 0.29) is 10.6 Å². The summed E-state index contributed by atoms with van der Waals surface area (Å²) in [7, 11) is -2.73. The minimum Gasteiger partial charge on any atom is -0.477 e. The summed E-state index contributed by atoms with van der Waals surface area (Å²) in [6, 6.07) is 0.967. The number of aromatic amines is 1. The molecule has 0 bridgehead atoms. The van der Waals surface area contributed by atoms with Crippen LogP contribution in [0, 0.1) is 0 Å². The molecule has 0 unspecified atom stereocenters. The number of aromatic nitrogens is 1. The number of carbonyl (C=O) groups is 2. The molecule has 94 valence electrons. The van der Waals surface area contributed by atoms with Crippen LogP contribution in [-0.4, -0.2) is 48.3 Å². The normalized spacial score (nSPS) is 11.6. The minimum atomic E-state index is -3.91. The molecular formula is C8H11N3O5S. The number of rotatable bonds is 5. The van der Waals surface area contributed by atoms with Gasteiger partial charge in [-0.05, 0) is 6.07 Å². The number of hydrogen-bond donors (Lipinski definition) is 3. The number of nitrogens with one attached hydrogen (secondary N) is 1. The lowest BCUT2D eigenvalue weighted by Crippen LogP contribution is -2.35. The van der Waals surface area contributed by atoms with Crippen LogP contribution in [-0.2, 0) is 14.8 Å². The molecular weight excluding hydrogens is 250 g/mol. The summed E-state index contributed by atoms with van der Waals surface area (Å²) in [5, 5.41) is 8.63. The van der Waals surface area contributed by atoms with Gasteiger partial charge in [-0.25, -0.2) is 13.2 Å². The van der Waals surface area contributed by atoms with Gasteiger partial charge >= 0.3 is 5.97 Å². The summed E-state index contributed by atoms with van der Waals surface area (Å²) < 4.78 is 24.4. The fourth-order valence-electron chi connectivity index (χ4n) is 1.13. The van der Waals surface area contributed by atoms with Gasteiger partial charge in [0, 0.05) is 13.2 Å². The van der Waals surface area contributed by atoms with E-state index in [1.54, 1.807) is 0 Å². The maximum absolute atomic E-state index is 11.8. The van der Waals surface area contributed by atoms with Crippen molar-refractivity contribution < 1.29 is 23.1 Å². The molecule has 0 spiro atoms. The number of primary amides is 1. The van der Waals surface area contributed by atoms with Gasteiger partial charge in [-0.1, -0.05) is 0 Å². The number of carboxylic acids is 1. The third kappa shape index (κ3) is 2.82. The molecule has 1 aromatic rings. The molecule has 9 heteroatoms. The third-order valence-corrected chi connectivity index (χ3v) is 3.75. The Hall–Kier alpha value is -1.87. The van der Waals surface area contributed by atoms with E-state index in [1.165, 1.54) is 7.05 Å². The van der Waals surface area contributed by atoms with E-state index in [2.05, 4.69) is 4.98 Å². The molecule has 1 rings (SSSR count). The molecule has 0 aliphatic heterocycles. The van der Waals surface area contributed by atoms with Crippen LogP contribution in [0.15, 0.2) is 17.2 Å². The van der Waals surface area contributed by atoms with Crippen molar-refractivity contribution in [1.29, 1.82) is 0 Å². The number of hydrogen-bond acceptors (Lipinski definition) is 4. The van der Waals surface area contributed by atoms with Crippen molar-refractivity contribution >= 4 is 21.9 Å². The number of nitrogens with zero attached hydrogens (tertiary/aromatic N) is 1. The highest BCUT2D eigenvalue weighted by atomic mass is 32.2. The van der Waals surface area contributed by atoms with E-state index in [0.29, 0.717) is 0 Å². The van der Waals surface area contributed by atoms with E-state index in [0.717, 1.165) is 16.6 Å².